The third-order valence-electron chi connectivity index (χ3n) is 1.68. The zero-order chi connectivity index (χ0) is 9.90. The Kier molecular flexibility index (Phi) is 3.05. The zero-order valence-corrected chi connectivity index (χ0v) is 8.81. The van der Waals surface area contributed by atoms with E-state index in [9.17, 15) is 4.39 Å². The first kappa shape index (κ1) is 10.2. The lowest BCUT2D eigenvalue weighted by Crippen LogP contribution is -2.15. The van der Waals surface area contributed by atoms with Gasteiger partial charge in [0.25, 0.3) is 0 Å². The molecule has 0 aliphatic carbocycles. The van der Waals surface area contributed by atoms with Gasteiger partial charge >= 0.3 is 0 Å². The minimum absolute atomic E-state index is 0.253. The van der Waals surface area contributed by atoms with Crippen LogP contribution in [0.25, 0.3) is 0 Å². The third-order valence-corrected chi connectivity index (χ3v) is 2.14. The molecule has 0 bridgehead atoms. The Morgan fingerprint density at radius 2 is 2.00 bits per heavy atom. The summed E-state index contributed by atoms with van der Waals surface area (Å²) in [5.74, 6) is -0.253. The summed E-state index contributed by atoms with van der Waals surface area (Å²) in [7, 11) is 0. The van der Waals surface area contributed by atoms with Crippen molar-refractivity contribution in [2.24, 2.45) is 0 Å². The van der Waals surface area contributed by atoms with Gasteiger partial charge in [-0.05, 0) is 24.6 Å². The summed E-state index contributed by atoms with van der Waals surface area (Å²) in [5, 5.41) is 8.74. The highest BCUT2D eigenvalue weighted by Gasteiger charge is 2.19. The van der Waals surface area contributed by atoms with Gasteiger partial charge < -0.3 is 0 Å². The molecule has 0 heterocycles. The summed E-state index contributed by atoms with van der Waals surface area (Å²) in [4.78, 5) is 0. The molecule has 0 aromatic heterocycles. The zero-order valence-electron chi connectivity index (χ0n) is 7.22. The maximum Gasteiger partial charge on any atom is 0.123 e. The van der Waals surface area contributed by atoms with Crippen molar-refractivity contribution in [1.82, 2.24) is 0 Å². The predicted octanol–water partition coefficient (Wildman–Crippen LogP) is 3.05. The summed E-state index contributed by atoms with van der Waals surface area (Å²) >= 11 is 3.28. The number of benzene rings is 1. The molecule has 1 unspecified atom stereocenters. The summed E-state index contributed by atoms with van der Waals surface area (Å²) in [5.41, 5.74) is 0.947. The minimum Gasteiger partial charge on any atom is -0.207 e. The van der Waals surface area contributed by atoms with E-state index in [1.807, 2.05) is 0 Å². The van der Waals surface area contributed by atoms with E-state index in [0.717, 1.165) is 5.56 Å². The van der Waals surface area contributed by atoms with Crippen molar-refractivity contribution in [1.29, 1.82) is 5.26 Å². The molecular weight excluding hydrogens is 233 g/mol. The highest BCUT2D eigenvalue weighted by molar-refractivity contribution is 9.10. The first-order valence-corrected chi connectivity index (χ1v) is 4.67. The second-order valence-corrected chi connectivity index (χ2v) is 4.86. The minimum atomic E-state index is -0.565. The van der Waals surface area contributed by atoms with E-state index < -0.39 is 4.32 Å². The average Bonchev–Trinajstić information content (AvgIpc) is 2.09. The fourth-order valence-electron chi connectivity index (χ4n) is 1.03. The molecule has 3 heteroatoms. The van der Waals surface area contributed by atoms with E-state index in [0.29, 0.717) is 6.42 Å². The van der Waals surface area contributed by atoms with Gasteiger partial charge in [-0.1, -0.05) is 28.1 Å². The molecule has 0 fully saturated rings. The Morgan fingerprint density at radius 3 is 2.46 bits per heavy atom. The van der Waals surface area contributed by atoms with E-state index >= 15 is 0 Å². The van der Waals surface area contributed by atoms with Gasteiger partial charge in [-0.2, -0.15) is 5.26 Å². The molecule has 1 rings (SSSR count). The maximum absolute atomic E-state index is 12.5. The summed E-state index contributed by atoms with van der Waals surface area (Å²) in [6.07, 6.45) is 0.573. The summed E-state index contributed by atoms with van der Waals surface area (Å²) in [6.45, 7) is 1.79. The van der Waals surface area contributed by atoms with Crippen LogP contribution in [0, 0.1) is 17.1 Å². The normalized spacial score (nSPS) is 14.6. The second kappa shape index (κ2) is 3.89. The van der Waals surface area contributed by atoms with Crippen LogP contribution >= 0.6 is 15.9 Å². The fraction of sp³-hybridized carbons (Fsp3) is 0.300. The lowest BCUT2D eigenvalue weighted by atomic mass is 10.0. The van der Waals surface area contributed by atoms with Gasteiger partial charge in [0.15, 0.2) is 0 Å². The molecular formula is C10H9BrFN. The molecule has 0 N–H and O–H groups in total. The molecule has 1 aromatic carbocycles. The topological polar surface area (TPSA) is 23.8 Å². The Bertz CT molecular complexity index is 324. The van der Waals surface area contributed by atoms with Gasteiger partial charge in [-0.15, -0.1) is 0 Å². The first-order valence-electron chi connectivity index (χ1n) is 3.88. The molecule has 0 aliphatic heterocycles. The van der Waals surface area contributed by atoms with Gasteiger partial charge in [0.2, 0.25) is 0 Å². The van der Waals surface area contributed by atoms with Crippen LogP contribution in [0.1, 0.15) is 12.5 Å². The largest absolute Gasteiger partial charge is 0.207 e. The van der Waals surface area contributed by atoms with Crippen LogP contribution < -0.4 is 0 Å². The molecule has 1 atom stereocenters. The molecule has 0 spiro atoms. The summed E-state index contributed by atoms with van der Waals surface area (Å²) < 4.78 is 12.0. The molecule has 0 aliphatic rings. The molecule has 0 saturated heterocycles. The number of nitriles is 1. The van der Waals surface area contributed by atoms with E-state index in [1.54, 1.807) is 19.1 Å². The Balaban J connectivity index is 2.77. The molecule has 68 valence electrons. The summed E-state index contributed by atoms with van der Waals surface area (Å²) in [6, 6.07) is 8.30. The monoisotopic (exact) mass is 241 g/mol. The third kappa shape index (κ3) is 3.16. The predicted molar refractivity (Wildman–Crippen MR) is 53.0 cm³/mol. The molecule has 1 nitrogen and oxygen atoms in total. The van der Waals surface area contributed by atoms with Gasteiger partial charge in [-0.3, -0.25) is 0 Å². The average molecular weight is 242 g/mol. The van der Waals surface area contributed by atoms with Crippen LogP contribution in [0.15, 0.2) is 24.3 Å². The standard InChI is InChI=1S/C10H9BrFN/c1-10(11,7-13)6-8-2-4-9(12)5-3-8/h2-5H,6H2,1H3. The highest BCUT2D eigenvalue weighted by atomic mass is 79.9. The Labute approximate surface area is 85.3 Å². The molecule has 13 heavy (non-hydrogen) atoms. The van der Waals surface area contributed by atoms with E-state index in [4.69, 9.17) is 5.26 Å². The van der Waals surface area contributed by atoms with Crippen molar-refractivity contribution < 1.29 is 4.39 Å². The van der Waals surface area contributed by atoms with Crippen molar-refractivity contribution in [2.45, 2.75) is 17.7 Å². The van der Waals surface area contributed by atoms with Crippen LogP contribution in [-0.4, -0.2) is 4.32 Å². The van der Waals surface area contributed by atoms with Crippen LogP contribution in [0.4, 0.5) is 4.39 Å². The van der Waals surface area contributed by atoms with E-state index in [1.165, 1.54) is 12.1 Å². The number of hydrogen-bond donors (Lipinski definition) is 0. The first-order chi connectivity index (χ1) is 6.03. The SMILES string of the molecule is CC(Br)(C#N)Cc1ccc(F)cc1. The Hall–Kier alpha value is -0.880. The number of halogens is 2. The fourth-order valence-corrected chi connectivity index (χ4v) is 1.35. The molecule has 0 saturated carbocycles. The van der Waals surface area contributed by atoms with E-state index in [2.05, 4.69) is 22.0 Å². The molecule has 0 amide bonds. The van der Waals surface area contributed by atoms with Gasteiger partial charge in [0, 0.05) is 6.42 Å². The van der Waals surface area contributed by atoms with Crippen LogP contribution in [0.2, 0.25) is 0 Å². The van der Waals surface area contributed by atoms with Crippen molar-refractivity contribution in [3.05, 3.63) is 35.6 Å². The smallest absolute Gasteiger partial charge is 0.123 e. The molecule has 0 radical (unpaired) electrons. The lowest BCUT2D eigenvalue weighted by molar-refractivity contribution is 0.626. The number of rotatable bonds is 2. The van der Waals surface area contributed by atoms with Crippen LogP contribution in [0.3, 0.4) is 0 Å². The van der Waals surface area contributed by atoms with Crippen molar-refractivity contribution in [3.8, 4) is 6.07 Å². The van der Waals surface area contributed by atoms with Crippen molar-refractivity contribution >= 4 is 15.9 Å². The highest BCUT2D eigenvalue weighted by Crippen LogP contribution is 2.21. The van der Waals surface area contributed by atoms with Gasteiger partial charge in [-0.25, -0.2) is 4.39 Å². The number of hydrogen-bond acceptors (Lipinski definition) is 1. The van der Waals surface area contributed by atoms with Crippen LogP contribution in [-0.2, 0) is 6.42 Å². The second-order valence-electron chi connectivity index (χ2n) is 3.11. The van der Waals surface area contributed by atoms with Gasteiger partial charge in [0.1, 0.15) is 10.1 Å². The quantitative estimate of drug-likeness (QED) is 0.731. The molecule has 1 aromatic rings. The van der Waals surface area contributed by atoms with Crippen molar-refractivity contribution in [2.75, 3.05) is 0 Å². The lowest BCUT2D eigenvalue weighted by Gasteiger charge is -2.12. The van der Waals surface area contributed by atoms with E-state index in [-0.39, 0.29) is 5.82 Å². The van der Waals surface area contributed by atoms with Crippen LogP contribution in [0.5, 0.6) is 0 Å². The Morgan fingerprint density at radius 1 is 1.46 bits per heavy atom. The number of alkyl halides is 1. The number of nitrogens with zero attached hydrogens (tertiary/aromatic N) is 1. The maximum atomic E-state index is 12.5. The van der Waals surface area contributed by atoms with Gasteiger partial charge in [0.05, 0.1) is 6.07 Å². The van der Waals surface area contributed by atoms with Crippen molar-refractivity contribution in [3.63, 3.8) is 0 Å².